The maximum absolute atomic E-state index is 11.6. The van der Waals surface area contributed by atoms with Crippen LogP contribution in [0.15, 0.2) is 0 Å². The van der Waals surface area contributed by atoms with Gasteiger partial charge in [0.25, 0.3) is 0 Å². The van der Waals surface area contributed by atoms with E-state index in [1.165, 1.54) is 0 Å². The number of piperidine rings is 1. The van der Waals surface area contributed by atoms with Gasteiger partial charge < -0.3 is 14.8 Å². The van der Waals surface area contributed by atoms with Crippen molar-refractivity contribution in [1.82, 2.24) is 10.0 Å². The summed E-state index contributed by atoms with van der Waals surface area (Å²) in [5.41, 5.74) is 0. The molecule has 0 bridgehead atoms. The standard InChI is InChI=1S/C12H26N2O4S/c1-11(2)17-9-10-19(15,16)14-7-8-18-12-3-5-13-6-4-12/h11-14H,3-10H2,1-2H3. The monoisotopic (exact) mass is 294 g/mol. The van der Waals surface area contributed by atoms with Crippen LogP contribution in [0.3, 0.4) is 0 Å². The molecule has 0 unspecified atom stereocenters. The van der Waals surface area contributed by atoms with Gasteiger partial charge in [0.1, 0.15) is 0 Å². The highest BCUT2D eigenvalue weighted by Gasteiger charge is 2.14. The van der Waals surface area contributed by atoms with Crippen LogP contribution in [0.5, 0.6) is 0 Å². The maximum Gasteiger partial charge on any atom is 0.213 e. The third kappa shape index (κ3) is 8.54. The second kappa shape index (κ2) is 8.86. The molecule has 114 valence electrons. The van der Waals surface area contributed by atoms with Crippen LogP contribution < -0.4 is 10.0 Å². The molecule has 0 aromatic carbocycles. The fraction of sp³-hybridized carbons (Fsp3) is 1.00. The van der Waals surface area contributed by atoms with Gasteiger partial charge in [-0.2, -0.15) is 0 Å². The lowest BCUT2D eigenvalue weighted by Crippen LogP contribution is -2.35. The predicted octanol–water partition coefficient (Wildman–Crippen LogP) is 0.0994. The number of sulfonamides is 1. The molecule has 1 heterocycles. The molecule has 7 heteroatoms. The summed E-state index contributed by atoms with van der Waals surface area (Å²) >= 11 is 0. The van der Waals surface area contributed by atoms with Crippen LogP contribution >= 0.6 is 0 Å². The molecule has 0 saturated carbocycles. The zero-order valence-corrected chi connectivity index (χ0v) is 12.7. The van der Waals surface area contributed by atoms with Gasteiger partial charge in [-0.1, -0.05) is 0 Å². The van der Waals surface area contributed by atoms with Gasteiger partial charge in [0.15, 0.2) is 0 Å². The average molecular weight is 294 g/mol. The SMILES string of the molecule is CC(C)OCCS(=O)(=O)NCCOC1CCNCC1. The summed E-state index contributed by atoms with van der Waals surface area (Å²) in [5, 5.41) is 3.26. The van der Waals surface area contributed by atoms with Crippen molar-refractivity contribution >= 4 is 10.0 Å². The van der Waals surface area contributed by atoms with Crippen molar-refractivity contribution in [3.63, 3.8) is 0 Å². The number of nitrogens with one attached hydrogen (secondary N) is 2. The van der Waals surface area contributed by atoms with Crippen molar-refractivity contribution in [2.24, 2.45) is 0 Å². The molecule has 0 atom stereocenters. The Bertz CT molecular complexity index is 327. The van der Waals surface area contributed by atoms with E-state index in [0.717, 1.165) is 25.9 Å². The Morgan fingerprint density at radius 3 is 2.58 bits per heavy atom. The van der Waals surface area contributed by atoms with Gasteiger partial charge in [0.05, 0.1) is 31.2 Å². The van der Waals surface area contributed by atoms with E-state index in [2.05, 4.69) is 10.0 Å². The molecule has 0 spiro atoms. The smallest absolute Gasteiger partial charge is 0.213 e. The molecule has 1 aliphatic heterocycles. The van der Waals surface area contributed by atoms with Crippen molar-refractivity contribution in [3.05, 3.63) is 0 Å². The third-order valence-corrected chi connectivity index (χ3v) is 4.22. The van der Waals surface area contributed by atoms with E-state index in [9.17, 15) is 8.42 Å². The van der Waals surface area contributed by atoms with E-state index >= 15 is 0 Å². The van der Waals surface area contributed by atoms with Gasteiger partial charge in [0.2, 0.25) is 10.0 Å². The van der Waals surface area contributed by atoms with Gasteiger partial charge in [0, 0.05) is 6.54 Å². The summed E-state index contributed by atoms with van der Waals surface area (Å²) in [6, 6.07) is 0. The molecular formula is C12H26N2O4S. The highest BCUT2D eigenvalue weighted by Crippen LogP contribution is 2.06. The van der Waals surface area contributed by atoms with Crippen molar-refractivity contribution in [3.8, 4) is 0 Å². The molecule has 0 amide bonds. The number of hydrogen-bond donors (Lipinski definition) is 2. The number of rotatable bonds is 9. The Morgan fingerprint density at radius 1 is 1.26 bits per heavy atom. The second-order valence-corrected chi connectivity index (χ2v) is 6.88. The second-order valence-electron chi connectivity index (χ2n) is 4.95. The lowest BCUT2D eigenvalue weighted by atomic mass is 10.1. The van der Waals surface area contributed by atoms with Gasteiger partial charge >= 0.3 is 0 Å². The van der Waals surface area contributed by atoms with Crippen molar-refractivity contribution < 1.29 is 17.9 Å². The first-order chi connectivity index (χ1) is 8.99. The zero-order valence-electron chi connectivity index (χ0n) is 11.9. The molecule has 0 aliphatic carbocycles. The van der Waals surface area contributed by atoms with Crippen LogP contribution in [-0.4, -0.2) is 59.2 Å². The molecule has 1 saturated heterocycles. The van der Waals surface area contributed by atoms with Crippen LogP contribution in [0.1, 0.15) is 26.7 Å². The summed E-state index contributed by atoms with van der Waals surface area (Å²) in [4.78, 5) is 0. The van der Waals surface area contributed by atoms with Gasteiger partial charge in [-0.3, -0.25) is 0 Å². The fourth-order valence-electron chi connectivity index (χ4n) is 1.85. The number of hydrogen-bond acceptors (Lipinski definition) is 5. The molecule has 1 rings (SSSR count). The highest BCUT2D eigenvalue weighted by atomic mass is 32.2. The Labute approximate surface area is 116 Å². The molecule has 0 radical (unpaired) electrons. The zero-order chi connectivity index (χ0) is 14.1. The topological polar surface area (TPSA) is 76.7 Å². The van der Waals surface area contributed by atoms with Crippen LogP contribution in [0.2, 0.25) is 0 Å². The lowest BCUT2D eigenvalue weighted by molar-refractivity contribution is 0.0366. The van der Waals surface area contributed by atoms with Crippen LogP contribution in [-0.2, 0) is 19.5 Å². The summed E-state index contributed by atoms with van der Waals surface area (Å²) in [6.07, 6.45) is 2.30. The first-order valence-corrected chi connectivity index (χ1v) is 8.56. The lowest BCUT2D eigenvalue weighted by Gasteiger charge is -2.22. The van der Waals surface area contributed by atoms with Crippen LogP contribution in [0.4, 0.5) is 0 Å². The Hall–Kier alpha value is -0.210. The first kappa shape index (κ1) is 16.8. The van der Waals surface area contributed by atoms with E-state index in [4.69, 9.17) is 9.47 Å². The van der Waals surface area contributed by atoms with Gasteiger partial charge in [-0.15, -0.1) is 0 Å². The predicted molar refractivity (Wildman–Crippen MR) is 74.7 cm³/mol. The van der Waals surface area contributed by atoms with Crippen molar-refractivity contribution in [2.75, 3.05) is 38.6 Å². The van der Waals surface area contributed by atoms with Gasteiger partial charge in [-0.05, 0) is 39.8 Å². The summed E-state index contributed by atoms with van der Waals surface area (Å²) in [7, 11) is -3.25. The van der Waals surface area contributed by atoms with E-state index in [1.807, 2.05) is 13.8 Å². The molecule has 0 aromatic rings. The van der Waals surface area contributed by atoms with Crippen molar-refractivity contribution in [2.45, 2.75) is 38.9 Å². The van der Waals surface area contributed by atoms with Crippen LogP contribution in [0, 0.1) is 0 Å². The highest BCUT2D eigenvalue weighted by molar-refractivity contribution is 7.89. The Balaban J connectivity index is 2.06. The summed E-state index contributed by atoms with van der Waals surface area (Å²) in [6.45, 7) is 6.69. The minimum Gasteiger partial charge on any atom is -0.378 e. The first-order valence-electron chi connectivity index (χ1n) is 6.91. The van der Waals surface area contributed by atoms with E-state index in [-0.39, 0.29) is 24.6 Å². The quantitative estimate of drug-likeness (QED) is 0.590. The fourth-order valence-corrected chi connectivity index (χ4v) is 2.70. The maximum atomic E-state index is 11.6. The third-order valence-electron chi connectivity index (χ3n) is 2.87. The largest absolute Gasteiger partial charge is 0.378 e. The van der Waals surface area contributed by atoms with E-state index in [0.29, 0.717) is 13.2 Å². The average Bonchev–Trinajstić information content (AvgIpc) is 2.35. The minimum atomic E-state index is -3.25. The normalized spacial score (nSPS) is 18.1. The van der Waals surface area contributed by atoms with Gasteiger partial charge in [-0.25, -0.2) is 13.1 Å². The summed E-state index contributed by atoms with van der Waals surface area (Å²) < 4.78 is 36.6. The van der Waals surface area contributed by atoms with Crippen LogP contribution in [0.25, 0.3) is 0 Å². The van der Waals surface area contributed by atoms with Crippen molar-refractivity contribution in [1.29, 1.82) is 0 Å². The molecular weight excluding hydrogens is 268 g/mol. The van der Waals surface area contributed by atoms with E-state index in [1.54, 1.807) is 0 Å². The molecule has 1 aliphatic rings. The minimum absolute atomic E-state index is 0.00146. The molecule has 19 heavy (non-hydrogen) atoms. The molecule has 6 nitrogen and oxygen atoms in total. The van der Waals surface area contributed by atoms with E-state index < -0.39 is 10.0 Å². The Kier molecular flexibility index (Phi) is 7.86. The molecule has 1 fully saturated rings. The summed E-state index contributed by atoms with van der Waals surface area (Å²) in [5.74, 6) is -0.00146. The molecule has 2 N–H and O–H groups in total. The number of ether oxygens (including phenoxy) is 2. The Morgan fingerprint density at radius 2 is 1.95 bits per heavy atom. The molecule has 0 aromatic heterocycles.